The highest BCUT2D eigenvalue weighted by Gasteiger charge is 2.22. The van der Waals surface area contributed by atoms with Crippen molar-refractivity contribution in [3.05, 3.63) is 67.8 Å². The van der Waals surface area contributed by atoms with Gasteiger partial charge in [0.05, 0.1) is 22.5 Å². The molecule has 20 heavy (non-hydrogen) atoms. The van der Waals surface area contributed by atoms with E-state index in [9.17, 15) is 8.42 Å². The van der Waals surface area contributed by atoms with Crippen LogP contribution in [0.1, 0.15) is 5.69 Å². The van der Waals surface area contributed by atoms with E-state index in [0.717, 1.165) is 11.6 Å². The SMILES string of the molecule is NS(=O)(=O)c1cccc(-n2cc([C]3[CH][CH][CH][CH]3)nn2)c1. The fourth-order valence-electron chi connectivity index (χ4n) is 1.87. The average Bonchev–Trinajstić information content (AvgIpc) is 3.09. The van der Waals surface area contributed by atoms with Crippen LogP contribution in [0, 0.1) is 31.6 Å². The lowest BCUT2D eigenvalue weighted by molar-refractivity contribution is 0.597. The first-order valence-corrected chi connectivity index (χ1v) is 7.36. The van der Waals surface area contributed by atoms with Crippen LogP contribution in [0.25, 0.3) is 5.69 Å². The molecule has 7 heteroatoms. The van der Waals surface area contributed by atoms with Crippen molar-refractivity contribution in [2.24, 2.45) is 5.14 Å². The van der Waals surface area contributed by atoms with Crippen LogP contribution in [0.15, 0.2) is 35.4 Å². The second kappa shape index (κ2) is 4.99. The van der Waals surface area contributed by atoms with E-state index in [0.29, 0.717) is 5.69 Å². The maximum atomic E-state index is 11.3. The van der Waals surface area contributed by atoms with Crippen molar-refractivity contribution in [3.8, 4) is 5.69 Å². The van der Waals surface area contributed by atoms with Gasteiger partial charge < -0.3 is 0 Å². The first-order chi connectivity index (χ1) is 9.54. The maximum Gasteiger partial charge on any atom is 0.238 e. The van der Waals surface area contributed by atoms with Crippen LogP contribution in [0.4, 0.5) is 0 Å². The second-order valence-electron chi connectivity index (χ2n) is 4.26. The van der Waals surface area contributed by atoms with Gasteiger partial charge in [0.1, 0.15) is 0 Å². The molecule has 1 aromatic heterocycles. The smallest absolute Gasteiger partial charge is 0.225 e. The van der Waals surface area contributed by atoms with Crippen LogP contribution in [0.3, 0.4) is 0 Å². The van der Waals surface area contributed by atoms with Crippen molar-refractivity contribution in [2.45, 2.75) is 4.90 Å². The number of sulfonamides is 1. The molecule has 0 saturated heterocycles. The van der Waals surface area contributed by atoms with Crippen molar-refractivity contribution in [2.75, 3.05) is 0 Å². The summed E-state index contributed by atoms with van der Waals surface area (Å²) in [5.74, 6) is 0.957. The molecule has 0 bridgehead atoms. The van der Waals surface area contributed by atoms with Gasteiger partial charge in [-0.2, -0.15) is 0 Å². The summed E-state index contributed by atoms with van der Waals surface area (Å²) in [7, 11) is -3.73. The molecule has 3 rings (SSSR count). The Kier molecular flexibility index (Phi) is 3.31. The Labute approximate surface area is 117 Å². The van der Waals surface area contributed by atoms with Crippen LogP contribution in [-0.2, 0) is 10.0 Å². The predicted molar refractivity (Wildman–Crippen MR) is 72.3 cm³/mol. The van der Waals surface area contributed by atoms with Crippen LogP contribution >= 0.6 is 0 Å². The summed E-state index contributed by atoms with van der Waals surface area (Å²) in [6.07, 6.45) is 9.41. The van der Waals surface area contributed by atoms with E-state index in [-0.39, 0.29) is 4.90 Å². The molecule has 5 radical (unpaired) electrons. The molecule has 1 aromatic carbocycles. The molecular formula is C13H11N4O2S. The molecule has 1 heterocycles. The van der Waals surface area contributed by atoms with Crippen LogP contribution in [-0.4, -0.2) is 23.4 Å². The Morgan fingerprint density at radius 1 is 1.15 bits per heavy atom. The minimum atomic E-state index is -3.73. The summed E-state index contributed by atoms with van der Waals surface area (Å²) in [5, 5.41) is 13.2. The number of hydrogen-bond acceptors (Lipinski definition) is 4. The van der Waals surface area contributed by atoms with Crippen LogP contribution in [0.5, 0.6) is 0 Å². The van der Waals surface area contributed by atoms with E-state index >= 15 is 0 Å². The molecule has 1 fully saturated rings. The van der Waals surface area contributed by atoms with E-state index < -0.39 is 10.0 Å². The lowest BCUT2D eigenvalue weighted by atomic mass is 10.1. The van der Waals surface area contributed by atoms with Gasteiger partial charge in [-0.25, -0.2) is 18.2 Å². The highest BCUT2D eigenvalue weighted by atomic mass is 32.2. The van der Waals surface area contributed by atoms with E-state index in [1.165, 1.54) is 16.8 Å². The fourth-order valence-corrected chi connectivity index (χ4v) is 2.42. The minimum Gasteiger partial charge on any atom is -0.225 e. The largest absolute Gasteiger partial charge is 0.238 e. The second-order valence-corrected chi connectivity index (χ2v) is 5.83. The molecule has 6 nitrogen and oxygen atoms in total. The summed E-state index contributed by atoms with van der Waals surface area (Å²) in [4.78, 5) is 0.0420. The standard InChI is InChI=1S/C13H11N4O2S/c14-20(18,19)12-7-3-6-11(8-12)17-9-13(15-16-17)10-4-1-2-5-10/h1-9H,(H2,14,18,19). The molecule has 0 amide bonds. The molecule has 1 saturated carbocycles. The lowest BCUT2D eigenvalue weighted by Crippen LogP contribution is -2.12. The Bertz CT molecular complexity index is 717. The molecule has 0 spiro atoms. The van der Waals surface area contributed by atoms with Crippen LogP contribution in [0.2, 0.25) is 0 Å². The Morgan fingerprint density at radius 2 is 1.90 bits per heavy atom. The number of primary sulfonamides is 1. The first kappa shape index (κ1) is 13.3. The molecule has 0 unspecified atom stereocenters. The first-order valence-electron chi connectivity index (χ1n) is 5.82. The highest BCUT2D eigenvalue weighted by Crippen LogP contribution is 2.28. The Morgan fingerprint density at radius 3 is 2.60 bits per heavy atom. The summed E-state index contributed by atoms with van der Waals surface area (Å²) in [5.41, 5.74) is 1.30. The van der Waals surface area contributed by atoms with Gasteiger partial charge in [0.2, 0.25) is 10.0 Å². The van der Waals surface area contributed by atoms with Crippen LogP contribution < -0.4 is 5.14 Å². The summed E-state index contributed by atoms with van der Waals surface area (Å²) in [6, 6.07) is 6.24. The topological polar surface area (TPSA) is 90.9 Å². The van der Waals surface area contributed by atoms with Gasteiger partial charge in [0, 0.05) is 5.92 Å². The molecule has 2 aromatic rings. The molecule has 0 atom stereocenters. The molecule has 0 aliphatic heterocycles. The van der Waals surface area contributed by atoms with E-state index in [2.05, 4.69) is 10.3 Å². The number of hydrogen-bond donors (Lipinski definition) is 1. The zero-order valence-corrected chi connectivity index (χ0v) is 11.2. The minimum absolute atomic E-state index is 0.0420. The lowest BCUT2D eigenvalue weighted by Gasteiger charge is -2.03. The van der Waals surface area contributed by atoms with Gasteiger partial charge in [-0.1, -0.05) is 11.3 Å². The van der Waals surface area contributed by atoms with Gasteiger partial charge in [0.15, 0.2) is 0 Å². The van der Waals surface area contributed by atoms with Crippen molar-refractivity contribution in [1.29, 1.82) is 0 Å². The number of nitrogens with zero attached hydrogens (tertiary/aromatic N) is 3. The molecule has 101 valence electrons. The number of benzene rings is 1. The molecule has 2 N–H and O–H groups in total. The summed E-state index contributed by atoms with van der Waals surface area (Å²) in [6.45, 7) is 0. The molecule has 1 aliphatic carbocycles. The zero-order chi connectivity index (χ0) is 14.2. The van der Waals surface area contributed by atoms with Crippen molar-refractivity contribution < 1.29 is 8.42 Å². The van der Waals surface area contributed by atoms with E-state index in [1.807, 2.05) is 25.7 Å². The fraction of sp³-hybridized carbons (Fsp3) is 0. The third-order valence-corrected chi connectivity index (χ3v) is 3.77. The summed E-state index contributed by atoms with van der Waals surface area (Å²) < 4.78 is 24.2. The number of aromatic nitrogens is 3. The van der Waals surface area contributed by atoms with E-state index in [4.69, 9.17) is 5.14 Å². The third-order valence-electron chi connectivity index (χ3n) is 2.86. The number of nitrogens with two attached hydrogens (primary N) is 1. The zero-order valence-electron chi connectivity index (χ0n) is 10.3. The van der Waals surface area contributed by atoms with Gasteiger partial charge in [0.25, 0.3) is 0 Å². The van der Waals surface area contributed by atoms with Crippen molar-refractivity contribution in [3.63, 3.8) is 0 Å². The van der Waals surface area contributed by atoms with Crippen molar-refractivity contribution >= 4 is 10.0 Å². The van der Waals surface area contributed by atoms with Gasteiger partial charge in [-0.15, -0.1) is 5.10 Å². The van der Waals surface area contributed by atoms with Crippen molar-refractivity contribution in [1.82, 2.24) is 15.0 Å². The normalized spacial score (nSPS) is 16.6. The van der Waals surface area contributed by atoms with Gasteiger partial charge in [-0.05, 0) is 43.9 Å². The Hall–Kier alpha value is -1.73. The quantitative estimate of drug-likeness (QED) is 0.898. The predicted octanol–water partition coefficient (Wildman–Crippen LogP) is 0.668. The van der Waals surface area contributed by atoms with E-state index in [1.54, 1.807) is 18.3 Å². The molecular weight excluding hydrogens is 276 g/mol. The third kappa shape index (κ3) is 2.59. The Balaban J connectivity index is 1.93. The van der Waals surface area contributed by atoms with Gasteiger partial charge >= 0.3 is 0 Å². The summed E-state index contributed by atoms with van der Waals surface area (Å²) >= 11 is 0. The maximum absolute atomic E-state index is 11.3. The highest BCUT2D eigenvalue weighted by molar-refractivity contribution is 7.89. The monoisotopic (exact) mass is 287 g/mol. The van der Waals surface area contributed by atoms with Gasteiger partial charge in [-0.3, -0.25) is 0 Å². The molecule has 1 aliphatic rings. The number of rotatable bonds is 3. The average molecular weight is 287 g/mol.